The van der Waals surface area contributed by atoms with Gasteiger partial charge in [-0.05, 0) is 33.8 Å². The van der Waals surface area contributed by atoms with Crippen LogP contribution < -0.4 is 4.90 Å². The lowest BCUT2D eigenvalue weighted by atomic mass is 10.1. The predicted octanol–water partition coefficient (Wildman–Crippen LogP) is 2.37. The molecule has 0 saturated carbocycles. The van der Waals surface area contributed by atoms with Crippen LogP contribution in [0.3, 0.4) is 0 Å². The molecule has 0 aliphatic carbocycles. The number of anilines is 1. The Morgan fingerprint density at radius 1 is 1.22 bits per heavy atom. The highest BCUT2D eigenvalue weighted by atomic mass is 32.1. The summed E-state index contributed by atoms with van der Waals surface area (Å²) >= 11 is 1.64. The second kappa shape index (κ2) is 5.96. The Labute approximate surface area is 140 Å². The second-order valence-corrected chi connectivity index (χ2v) is 7.72. The molecule has 0 aromatic carbocycles. The molecule has 1 amide bonds. The molecule has 0 radical (unpaired) electrons. The maximum atomic E-state index is 12.7. The van der Waals surface area contributed by atoms with Crippen molar-refractivity contribution in [2.75, 3.05) is 31.1 Å². The minimum absolute atomic E-state index is 0.0230. The van der Waals surface area contributed by atoms with Gasteiger partial charge < -0.3 is 9.80 Å². The Morgan fingerprint density at radius 3 is 2.43 bits per heavy atom. The zero-order valence-corrected chi connectivity index (χ0v) is 14.9. The molecule has 6 nitrogen and oxygen atoms in total. The van der Waals surface area contributed by atoms with E-state index in [1.807, 2.05) is 34.1 Å². The molecule has 0 unspecified atom stereocenters. The van der Waals surface area contributed by atoms with E-state index in [0.717, 1.165) is 23.9 Å². The lowest BCUT2D eigenvalue weighted by Gasteiger charge is -2.34. The first kappa shape index (κ1) is 16.0. The molecule has 23 heavy (non-hydrogen) atoms. The van der Waals surface area contributed by atoms with Crippen LogP contribution >= 0.6 is 11.3 Å². The van der Waals surface area contributed by atoms with Crippen molar-refractivity contribution in [2.45, 2.75) is 33.2 Å². The third-order valence-corrected chi connectivity index (χ3v) is 4.83. The Kier molecular flexibility index (Phi) is 4.14. The van der Waals surface area contributed by atoms with E-state index >= 15 is 0 Å². The number of carbonyl (C=O) groups excluding carboxylic acids is 1. The van der Waals surface area contributed by atoms with Gasteiger partial charge in [-0.2, -0.15) is 5.10 Å². The topological polar surface area (TPSA) is 54.3 Å². The van der Waals surface area contributed by atoms with Gasteiger partial charge in [0.1, 0.15) is 0 Å². The van der Waals surface area contributed by atoms with Crippen LogP contribution in [0.1, 0.15) is 37.0 Å². The lowest BCUT2D eigenvalue weighted by molar-refractivity contribution is 0.0739. The SMILES string of the molecule is Cc1cc(C(=O)N2CCN(c3nccs3)CC2)nn1C(C)(C)C. The van der Waals surface area contributed by atoms with E-state index in [2.05, 4.69) is 35.8 Å². The number of aryl methyl sites for hydroxylation is 1. The summed E-state index contributed by atoms with van der Waals surface area (Å²) < 4.78 is 1.92. The van der Waals surface area contributed by atoms with Gasteiger partial charge in [0.05, 0.1) is 5.54 Å². The predicted molar refractivity (Wildman–Crippen MR) is 92.2 cm³/mol. The van der Waals surface area contributed by atoms with Gasteiger partial charge in [0.25, 0.3) is 5.91 Å². The molecular formula is C16H23N5OS. The summed E-state index contributed by atoms with van der Waals surface area (Å²) in [4.78, 5) is 21.2. The first-order chi connectivity index (χ1) is 10.9. The van der Waals surface area contributed by atoms with Crippen molar-refractivity contribution in [1.82, 2.24) is 19.7 Å². The van der Waals surface area contributed by atoms with E-state index in [4.69, 9.17) is 0 Å². The van der Waals surface area contributed by atoms with Crippen molar-refractivity contribution < 1.29 is 4.79 Å². The standard InChI is InChI=1S/C16H23N5OS/c1-12-11-13(18-21(12)16(2,3)4)14(22)19-6-8-20(9-7-19)15-17-5-10-23-15/h5,10-11H,6-9H2,1-4H3. The molecule has 7 heteroatoms. The fourth-order valence-electron chi connectivity index (χ4n) is 2.89. The molecule has 124 valence electrons. The van der Waals surface area contributed by atoms with Gasteiger partial charge in [-0.1, -0.05) is 0 Å². The number of rotatable bonds is 2. The normalized spacial score (nSPS) is 16.0. The van der Waals surface area contributed by atoms with Gasteiger partial charge in [0.2, 0.25) is 0 Å². The van der Waals surface area contributed by atoms with Crippen molar-refractivity contribution in [3.63, 3.8) is 0 Å². The first-order valence-corrected chi connectivity index (χ1v) is 8.75. The average molecular weight is 333 g/mol. The number of nitrogens with zero attached hydrogens (tertiary/aromatic N) is 5. The average Bonchev–Trinajstić information content (AvgIpc) is 3.15. The van der Waals surface area contributed by atoms with Crippen LogP contribution in [0.4, 0.5) is 5.13 Å². The van der Waals surface area contributed by atoms with Crippen LogP contribution in [0, 0.1) is 6.92 Å². The van der Waals surface area contributed by atoms with E-state index in [1.54, 1.807) is 11.3 Å². The molecule has 1 fully saturated rings. The van der Waals surface area contributed by atoms with Crippen LogP contribution in [0.2, 0.25) is 0 Å². The summed E-state index contributed by atoms with van der Waals surface area (Å²) in [7, 11) is 0. The van der Waals surface area contributed by atoms with Crippen molar-refractivity contribution in [2.24, 2.45) is 0 Å². The molecule has 0 bridgehead atoms. The Bertz CT molecular complexity index is 678. The van der Waals surface area contributed by atoms with Crippen molar-refractivity contribution in [3.05, 3.63) is 29.0 Å². The van der Waals surface area contributed by atoms with Crippen molar-refractivity contribution in [3.8, 4) is 0 Å². The molecule has 1 aliphatic rings. The second-order valence-electron chi connectivity index (χ2n) is 6.85. The lowest BCUT2D eigenvalue weighted by Crippen LogP contribution is -2.49. The van der Waals surface area contributed by atoms with Crippen LogP contribution in [0.15, 0.2) is 17.6 Å². The smallest absolute Gasteiger partial charge is 0.274 e. The number of aromatic nitrogens is 3. The maximum Gasteiger partial charge on any atom is 0.274 e. The zero-order valence-electron chi connectivity index (χ0n) is 14.1. The summed E-state index contributed by atoms with van der Waals surface area (Å²) in [5, 5.41) is 7.54. The highest BCUT2D eigenvalue weighted by Gasteiger charge is 2.26. The van der Waals surface area contributed by atoms with Gasteiger partial charge in [0, 0.05) is 43.4 Å². The largest absolute Gasteiger partial charge is 0.345 e. The number of thiazole rings is 1. The summed E-state index contributed by atoms with van der Waals surface area (Å²) in [5.74, 6) is 0.0230. The Morgan fingerprint density at radius 2 is 1.91 bits per heavy atom. The van der Waals surface area contributed by atoms with E-state index < -0.39 is 0 Å². The summed E-state index contributed by atoms with van der Waals surface area (Å²) in [6, 6.07) is 1.89. The highest BCUT2D eigenvalue weighted by molar-refractivity contribution is 7.13. The number of hydrogen-bond donors (Lipinski definition) is 0. The van der Waals surface area contributed by atoms with Crippen LogP contribution in [0.25, 0.3) is 0 Å². The first-order valence-electron chi connectivity index (χ1n) is 7.87. The molecule has 3 heterocycles. The molecule has 1 aliphatic heterocycles. The molecular weight excluding hydrogens is 310 g/mol. The third kappa shape index (κ3) is 3.24. The fraction of sp³-hybridized carbons (Fsp3) is 0.562. The van der Waals surface area contributed by atoms with E-state index in [1.165, 1.54) is 0 Å². The van der Waals surface area contributed by atoms with E-state index in [0.29, 0.717) is 18.8 Å². The van der Waals surface area contributed by atoms with E-state index in [9.17, 15) is 4.79 Å². The van der Waals surface area contributed by atoms with Gasteiger partial charge in [-0.25, -0.2) is 4.98 Å². The third-order valence-electron chi connectivity index (χ3n) is 4.00. The van der Waals surface area contributed by atoms with Gasteiger partial charge >= 0.3 is 0 Å². The summed E-state index contributed by atoms with van der Waals surface area (Å²) in [5.41, 5.74) is 1.44. The number of carbonyl (C=O) groups is 1. The van der Waals surface area contributed by atoms with Gasteiger partial charge in [-0.3, -0.25) is 9.48 Å². The monoisotopic (exact) mass is 333 g/mol. The van der Waals surface area contributed by atoms with E-state index in [-0.39, 0.29) is 11.4 Å². The number of hydrogen-bond acceptors (Lipinski definition) is 5. The quantitative estimate of drug-likeness (QED) is 0.847. The Hall–Kier alpha value is -1.89. The van der Waals surface area contributed by atoms with Crippen LogP contribution in [0.5, 0.6) is 0 Å². The molecule has 1 saturated heterocycles. The van der Waals surface area contributed by atoms with Gasteiger partial charge in [0.15, 0.2) is 10.8 Å². The molecule has 0 spiro atoms. The van der Waals surface area contributed by atoms with Crippen molar-refractivity contribution in [1.29, 1.82) is 0 Å². The Balaban J connectivity index is 1.68. The molecule has 0 N–H and O–H groups in total. The number of amides is 1. The molecule has 0 atom stereocenters. The molecule has 2 aromatic heterocycles. The minimum atomic E-state index is -0.119. The highest BCUT2D eigenvalue weighted by Crippen LogP contribution is 2.21. The maximum absolute atomic E-state index is 12.7. The van der Waals surface area contributed by atoms with Gasteiger partial charge in [-0.15, -0.1) is 11.3 Å². The molecule has 3 rings (SSSR count). The molecule has 2 aromatic rings. The zero-order chi connectivity index (χ0) is 16.6. The summed E-state index contributed by atoms with van der Waals surface area (Å²) in [6.07, 6.45) is 1.82. The fourth-order valence-corrected chi connectivity index (χ4v) is 3.59. The minimum Gasteiger partial charge on any atom is -0.345 e. The van der Waals surface area contributed by atoms with Crippen LogP contribution in [-0.4, -0.2) is 51.8 Å². The summed E-state index contributed by atoms with van der Waals surface area (Å²) in [6.45, 7) is 11.3. The van der Waals surface area contributed by atoms with Crippen molar-refractivity contribution >= 4 is 22.4 Å². The number of piperazine rings is 1. The van der Waals surface area contributed by atoms with Crippen LogP contribution in [-0.2, 0) is 5.54 Å².